The molecule has 0 radical (unpaired) electrons. The Morgan fingerprint density at radius 3 is 2.85 bits per heavy atom. The van der Waals surface area contributed by atoms with Crippen molar-refractivity contribution in [2.45, 2.75) is 38.2 Å². The van der Waals surface area contributed by atoms with Gasteiger partial charge in [-0.1, -0.05) is 11.6 Å². The Labute approximate surface area is 125 Å². The van der Waals surface area contributed by atoms with Crippen molar-refractivity contribution >= 4 is 11.6 Å². The predicted molar refractivity (Wildman–Crippen MR) is 80.4 cm³/mol. The van der Waals surface area contributed by atoms with Gasteiger partial charge in [-0.05, 0) is 68.8 Å². The Kier molecular flexibility index (Phi) is 4.49. The summed E-state index contributed by atoms with van der Waals surface area (Å²) in [5.41, 5.74) is 2.04. The largest absolute Gasteiger partial charge is 0.493 e. The monoisotopic (exact) mass is 295 g/mol. The molecule has 2 heterocycles. The zero-order chi connectivity index (χ0) is 13.9. The molecule has 1 atom stereocenters. The molecule has 1 unspecified atom stereocenters. The molecule has 2 aliphatic heterocycles. The smallest absolute Gasteiger partial charge is 0.128 e. The first-order chi connectivity index (χ1) is 9.75. The van der Waals surface area contributed by atoms with E-state index < -0.39 is 6.10 Å². The van der Waals surface area contributed by atoms with Gasteiger partial charge < -0.3 is 15.2 Å². The molecular weight excluding hydrogens is 274 g/mol. The number of hydrogen-bond acceptors (Lipinski definition) is 3. The number of nitrogens with one attached hydrogen (secondary N) is 1. The Hall–Kier alpha value is -0.770. The lowest BCUT2D eigenvalue weighted by Gasteiger charge is -2.29. The van der Waals surface area contributed by atoms with Crippen LogP contribution in [-0.4, -0.2) is 24.8 Å². The lowest BCUT2D eigenvalue weighted by molar-refractivity contribution is 0.0857. The summed E-state index contributed by atoms with van der Waals surface area (Å²) in [6.07, 6.45) is 4.71. The number of hydrogen-bond donors (Lipinski definition) is 2. The zero-order valence-corrected chi connectivity index (χ0v) is 12.5. The van der Waals surface area contributed by atoms with Gasteiger partial charge in [0, 0.05) is 10.6 Å². The van der Waals surface area contributed by atoms with Gasteiger partial charge in [-0.2, -0.15) is 0 Å². The Bertz CT molecular complexity index is 472. The van der Waals surface area contributed by atoms with E-state index in [2.05, 4.69) is 5.32 Å². The fraction of sp³-hybridized carbons (Fsp3) is 0.625. The summed E-state index contributed by atoms with van der Waals surface area (Å²) in [5.74, 6) is 1.18. The molecule has 4 heteroatoms. The van der Waals surface area contributed by atoms with Gasteiger partial charge in [-0.25, -0.2) is 0 Å². The van der Waals surface area contributed by atoms with E-state index in [1.165, 1.54) is 0 Å². The maximum Gasteiger partial charge on any atom is 0.128 e. The summed E-state index contributed by atoms with van der Waals surface area (Å²) in [7, 11) is 0. The molecule has 1 aromatic rings. The van der Waals surface area contributed by atoms with E-state index in [0.29, 0.717) is 10.9 Å². The summed E-state index contributed by atoms with van der Waals surface area (Å²) >= 11 is 6.24. The van der Waals surface area contributed by atoms with Crippen LogP contribution in [0.5, 0.6) is 5.75 Å². The maximum atomic E-state index is 10.8. The number of piperidine rings is 1. The van der Waals surface area contributed by atoms with Crippen molar-refractivity contribution in [3.8, 4) is 5.75 Å². The van der Waals surface area contributed by atoms with Crippen LogP contribution in [0.1, 0.15) is 42.9 Å². The van der Waals surface area contributed by atoms with Crippen molar-refractivity contribution in [2.75, 3.05) is 19.7 Å². The molecule has 0 bridgehead atoms. The molecule has 0 aliphatic carbocycles. The second-order valence-electron chi connectivity index (χ2n) is 5.82. The average Bonchev–Trinajstić information content (AvgIpc) is 2.71. The minimum absolute atomic E-state index is 0.297. The first-order valence-corrected chi connectivity index (χ1v) is 7.97. The highest BCUT2D eigenvalue weighted by atomic mass is 35.5. The molecule has 2 aliphatic rings. The lowest BCUT2D eigenvalue weighted by Crippen LogP contribution is -2.31. The third-order valence-corrected chi connectivity index (χ3v) is 4.61. The molecule has 0 aromatic heterocycles. The van der Waals surface area contributed by atoms with Crippen molar-refractivity contribution in [3.05, 3.63) is 28.3 Å². The Morgan fingerprint density at radius 1 is 1.25 bits per heavy atom. The number of fused-ring (bicyclic) bond motifs is 1. The fourth-order valence-electron chi connectivity index (χ4n) is 3.26. The summed E-state index contributed by atoms with van der Waals surface area (Å²) in [4.78, 5) is 0. The normalized spacial score (nSPS) is 21.7. The third-order valence-electron chi connectivity index (χ3n) is 4.40. The van der Waals surface area contributed by atoms with Crippen molar-refractivity contribution in [1.29, 1.82) is 0 Å². The van der Waals surface area contributed by atoms with Crippen LogP contribution in [0.4, 0.5) is 0 Å². The summed E-state index contributed by atoms with van der Waals surface area (Å²) < 4.78 is 5.91. The second-order valence-corrected chi connectivity index (χ2v) is 6.26. The summed E-state index contributed by atoms with van der Waals surface area (Å²) in [6.45, 7) is 2.69. The molecule has 110 valence electrons. The van der Waals surface area contributed by atoms with Crippen molar-refractivity contribution in [2.24, 2.45) is 5.92 Å². The predicted octanol–water partition coefficient (Wildman–Crippen LogP) is 3.09. The molecule has 0 amide bonds. The standard InChI is InChI=1S/C16H22ClNO2/c17-13-9-12-3-1-2-8-20-16(12)14(10-13)15(19)11-4-6-18-7-5-11/h9-11,15,18-19H,1-8H2. The highest BCUT2D eigenvalue weighted by Crippen LogP contribution is 2.39. The number of aryl methyl sites for hydroxylation is 1. The molecule has 0 saturated carbocycles. The van der Waals surface area contributed by atoms with Crippen LogP contribution in [0.3, 0.4) is 0 Å². The average molecular weight is 296 g/mol. The van der Waals surface area contributed by atoms with Gasteiger partial charge in [0.1, 0.15) is 5.75 Å². The van der Waals surface area contributed by atoms with Gasteiger partial charge in [0.25, 0.3) is 0 Å². The molecule has 2 N–H and O–H groups in total. The topological polar surface area (TPSA) is 41.5 Å². The molecule has 1 aromatic carbocycles. The van der Waals surface area contributed by atoms with Crippen LogP contribution in [-0.2, 0) is 6.42 Å². The van der Waals surface area contributed by atoms with Crippen LogP contribution in [0, 0.1) is 5.92 Å². The number of aliphatic hydroxyl groups is 1. The second kappa shape index (κ2) is 6.33. The Morgan fingerprint density at radius 2 is 2.05 bits per heavy atom. The fourth-order valence-corrected chi connectivity index (χ4v) is 3.51. The van der Waals surface area contributed by atoms with E-state index in [1.54, 1.807) is 0 Å². The van der Waals surface area contributed by atoms with E-state index in [9.17, 15) is 5.11 Å². The maximum absolute atomic E-state index is 10.8. The number of benzene rings is 1. The molecule has 20 heavy (non-hydrogen) atoms. The molecule has 1 saturated heterocycles. The van der Waals surface area contributed by atoms with Gasteiger partial charge in [0.15, 0.2) is 0 Å². The molecule has 1 fully saturated rings. The van der Waals surface area contributed by atoms with E-state index in [0.717, 1.165) is 68.7 Å². The van der Waals surface area contributed by atoms with Crippen molar-refractivity contribution in [3.63, 3.8) is 0 Å². The van der Waals surface area contributed by atoms with Crippen molar-refractivity contribution in [1.82, 2.24) is 5.32 Å². The van der Waals surface area contributed by atoms with Gasteiger partial charge in [0.05, 0.1) is 12.7 Å². The van der Waals surface area contributed by atoms with Gasteiger partial charge in [-0.15, -0.1) is 0 Å². The minimum atomic E-state index is -0.470. The highest BCUT2D eigenvalue weighted by Gasteiger charge is 2.27. The van der Waals surface area contributed by atoms with E-state index in [-0.39, 0.29) is 0 Å². The lowest BCUT2D eigenvalue weighted by atomic mass is 9.87. The van der Waals surface area contributed by atoms with Crippen LogP contribution >= 0.6 is 11.6 Å². The van der Waals surface area contributed by atoms with Gasteiger partial charge in [-0.3, -0.25) is 0 Å². The number of rotatable bonds is 2. The highest BCUT2D eigenvalue weighted by molar-refractivity contribution is 6.30. The minimum Gasteiger partial charge on any atom is -0.493 e. The number of ether oxygens (including phenoxy) is 1. The van der Waals surface area contributed by atoms with Gasteiger partial charge in [0.2, 0.25) is 0 Å². The number of halogens is 1. The van der Waals surface area contributed by atoms with Crippen LogP contribution in [0.2, 0.25) is 5.02 Å². The third kappa shape index (κ3) is 2.95. The van der Waals surface area contributed by atoms with Crippen LogP contribution in [0.25, 0.3) is 0 Å². The van der Waals surface area contributed by atoms with Gasteiger partial charge >= 0.3 is 0 Å². The van der Waals surface area contributed by atoms with E-state index >= 15 is 0 Å². The first-order valence-electron chi connectivity index (χ1n) is 7.59. The zero-order valence-electron chi connectivity index (χ0n) is 11.7. The van der Waals surface area contributed by atoms with Crippen LogP contribution in [0.15, 0.2) is 12.1 Å². The van der Waals surface area contributed by atoms with Crippen molar-refractivity contribution < 1.29 is 9.84 Å². The quantitative estimate of drug-likeness (QED) is 0.881. The summed E-state index contributed by atoms with van der Waals surface area (Å²) in [5, 5.41) is 14.8. The SMILES string of the molecule is OC(c1cc(Cl)cc2c1OCCCC2)C1CCNCC1. The summed E-state index contributed by atoms with van der Waals surface area (Å²) in [6, 6.07) is 3.87. The van der Waals surface area contributed by atoms with E-state index in [4.69, 9.17) is 16.3 Å². The van der Waals surface area contributed by atoms with E-state index in [1.807, 2.05) is 12.1 Å². The van der Waals surface area contributed by atoms with Crippen LogP contribution < -0.4 is 10.1 Å². The Balaban J connectivity index is 1.92. The molecular formula is C16H22ClNO2. The molecule has 0 spiro atoms. The first kappa shape index (κ1) is 14.2. The number of aliphatic hydroxyl groups excluding tert-OH is 1. The molecule has 3 nitrogen and oxygen atoms in total. The molecule has 3 rings (SSSR count).